The number of aliphatic hydroxyl groups is 1. The van der Waals surface area contributed by atoms with Gasteiger partial charge >= 0.3 is 17.9 Å². The number of carbonyl (C=O) groups excluding carboxylic acids is 3. The van der Waals surface area contributed by atoms with Crippen molar-refractivity contribution in [2.45, 2.75) is 83.9 Å². The zero-order valence-electron chi connectivity index (χ0n) is 15.1. The average molecular weight is 360 g/mol. The zero-order chi connectivity index (χ0) is 18.8. The molecule has 0 spiro atoms. The van der Waals surface area contributed by atoms with Gasteiger partial charge in [-0.3, -0.25) is 14.4 Å². The summed E-state index contributed by atoms with van der Waals surface area (Å²) in [6, 6.07) is 0. The summed E-state index contributed by atoms with van der Waals surface area (Å²) in [6.07, 6.45) is -2.48. The average Bonchev–Trinajstić information content (AvgIpc) is 2.54. The molecule has 0 saturated carbocycles. The fourth-order valence-electron chi connectivity index (χ4n) is 2.39. The third-order valence-electron chi connectivity index (χ3n) is 3.58. The minimum atomic E-state index is -1.46. The molecule has 0 radical (unpaired) electrons. The summed E-state index contributed by atoms with van der Waals surface area (Å²) >= 11 is 0. The van der Waals surface area contributed by atoms with Crippen LogP contribution in [0.25, 0.3) is 0 Å². The Labute approximate surface area is 147 Å². The van der Waals surface area contributed by atoms with Crippen molar-refractivity contribution in [3.8, 4) is 0 Å². The highest BCUT2D eigenvalue weighted by molar-refractivity contribution is 5.71. The molecule has 1 aliphatic heterocycles. The van der Waals surface area contributed by atoms with Gasteiger partial charge in [-0.1, -0.05) is 20.8 Å². The van der Waals surface area contributed by atoms with Crippen LogP contribution in [0.4, 0.5) is 0 Å². The summed E-state index contributed by atoms with van der Waals surface area (Å²) in [6.45, 7) is 5.31. The van der Waals surface area contributed by atoms with Gasteiger partial charge in [0, 0.05) is 19.3 Å². The van der Waals surface area contributed by atoms with Crippen LogP contribution >= 0.6 is 0 Å². The molecule has 0 aromatic heterocycles. The number of hydrogen-bond donors (Lipinski definition) is 1. The Morgan fingerprint density at radius 1 is 0.840 bits per heavy atom. The largest absolute Gasteiger partial charge is 0.456 e. The summed E-state index contributed by atoms with van der Waals surface area (Å²) < 4.78 is 21.0. The number of esters is 3. The van der Waals surface area contributed by atoms with E-state index in [-0.39, 0.29) is 25.9 Å². The third-order valence-corrected chi connectivity index (χ3v) is 3.58. The van der Waals surface area contributed by atoms with E-state index in [1.54, 1.807) is 0 Å². The maximum Gasteiger partial charge on any atom is 0.306 e. The molecule has 8 heteroatoms. The first-order valence-electron chi connectivity index (χ1n) is 8.80. The lowest BCUT2D eigenvalue weighted by atomic mass is 10.0. The second-order valence-corrected chi connectivity index (χ2v) is 5.91. The molecule has 4 atom stereocenters. The van der Waals surface area contributed by atoms with Gasteiger partial charge in [0.25, 0.3) is 0 Å². The first-order chi connectivity index (χ1) is 11.9. The second kappa shape index (κ2) is 11.0. The van der Waals surface area contributed by atoms with E-state index in [9.17, 15) is 19.5 Å². The molecule has 0 aromatic carbocycles. The molecule has 1 fully saturated rings. The van der Waals surface area contributed by atoms with Crippen molar-refractivity contribution in [3.63, 3.8) is 0 Å². The maximum atomic E-state index is 11.9. The molecule has 0 amide bonds. The predicted octanol–water partition coefficient (Wildman–Crippen LogP) is 1.47. The zero-order valence-corrected chi connectivity index (χ0v) is 15.1. The Morgan fingerprint density at radius 3 is 1.76 bits per heavy atom. The molecule has 1 unspecified atom stereocenters. The lowest BCUT2D eigenvalue weighted by Gasteiger charge is -2.38. The summed E-state index contributed by atoms with van der Waals surface area (Å²) in [7, 11) is 0. The molecule has 1 N–H and O–H groups in total. The van der Waals surface area contributed by atoms with Crippen molar-refractivity contribution in [1.82, 2.24) is 0 Å². The molecule has 0 aliphatic carbocycles. The molecule has 1 heterocycles. The Kier molecular flexibility index (Phi) is 9.44. The van der Waals surface area contributed by atoms with E-state index >= 15 is 0 Å². The van der Waals surface area contributed by atoms with E-state index in [2.05, 4.69) is 0 Å². The van der Waals surface area contributed by atoms with Gasteiger partial charge in [-0.05, 0) is 19.3 Å². The fraction of sp³-hybridized carbons (Fsp3) is 0.824. The number of hydrogen-bond acceptors (Lipinski definition) is 8. The Bertz CT molecular complexity index is 450. The minimum Gasteiger partial charge on any atom is -0.456 e. The van der Waals surface area contributed by atoms with Gasteiger partial charge in [-0.25, -0.2) is 0 Å². The highest BCUT2D eigenvalue weighted by atomic mass is 16.7. The fourth-order valence-corrected chi connectivity index (χ4v) is 2.39. The van der Waals surface area contributed by atoms with Crippen LogP contribution in [0, 0.1) is 0 Å². The van der Waals surface area contributed by atoms with E-state index < -0.39 is 42.5 Å². The van der Waals surface area contributed by atoms with Crippen LogP contribution in [0.5, 0.6) is 0 Å². The molecular formula is C17H28O8. The van der Waals surface area contributed by atoms with E-state index in [0.717, 1.165) is 0 Å². The number of carbonyl (C=O) groups is 3. The quantitative estimate of drug-likeness (QED) is 0.486. The van der Waals surface area contributed by atoms with Gasteiger partial charge < -0.3 is 24.1 Å². The van der Waals surface area contributed by atoms with Crippen molar-refractivity contribution in [3.05, 3.63) is 0 Å². The van der Waals surface area contributed by atoms with Crippen LogP contribution in [0.1, 0.15) is 59.3 Å². The molecule has 0 aromatic rings. The molecule has 0 bridgehead atoms. The second-order valence-electron chi connectivity index (χ2n) is 5.91. The van der Waals surface area contributed by atoms with Crippen LogP contribution in [0.2, 0.25) is 0 Å². The van der Waals surface area contributed by atoms with E-state index in [1.807, 2.05) is 20.8 Å². The van der Waals surface area contributed by atoms with Crippen LogP contribution < -0.4 is 0 Å². The van der Waals surface area contributed by atoms with Gasteiger partial charge in [-0.2, -0.15) is 0 Å². The van der Waals surface area contributed by atoms with Crippen LogP contribution in [0.15, 0.2) is 0 Å². The molecule has 8 nitrogen and oxygen atoms in total. The molecule has 1 rings (SSSR count). The highest BCUT2D eigenvalue weighted by Crippen LogP contribution is 2.24. The molecule has 25 heavy (non-hydrogen) atoms. The summed E-state index contributed by atoms with van der Waals surface area (Å²) in [5.74, 6) is -1.54. The number of aliphatic hydroxyl groups excluding tert-OH is 1. The van der Waals surface area contributed by atoms with Gasteiger partial charge in [0.15, 0.2) is 24.6 Å². The molecular weight excluding hydrogens is 332 g/mol. The SMILES string of the molecule is CCCC(=O)O[C@@H]1[C@H](OC(=O)CCC)COC(O)[C@@H]1OC(=O)CCC. The Hall–Kier alpha value is -1.67. The lowest BCUT2D eigenvalue weighted by molar-refractivity contribution is -0.268. The first kappa shape index (κ1) is 21.4. The lowest BCUT2D eigenvalue weighted by Crippen LogP contribution is -2.57. The standard InChI is InChI=1S/C17H28O8/c1-4-7-12(18)23-11-10-22-17(21)16(25-14(20)9-6-3)15(11)24-13(19)8-5-2/h11,15-17,21H,4-10H2,1-3H3/t11-,15-,16-,17?/m1/s1. The van der Waals surface area contributed by atoms with Gasteiger partial charge in [0.1, 0.15) is 0 Å². The summed E-state index contributed by atoms with van der Waals surface area (Å²) in [5, 5.41) is 10.0. The van der Waals surface area contributed by atoms with Gasteiger partial charge in [0.05, 0.1) is 6.61 Å². The third kappa shape index (κ3) is 6.99. The van der Waals surface area contributed by atoms with Crippen molar-refractivity contribution in [2.24, 2.45) is 0 Å². The topological polar surface area (TPSA) is 108 Å². The summed E-state index contributed by atoms with van der Waals surface area (Å²) in [5.41, 5.74) is 0. The molecule has 1 saturated heterocycles. The molecule has 1 aliphatic rings. The number of ether oxygens (including phenoxy) is 4. The normalized spacial score (nSPS) is 25.9. The highest BCUT2D eigenvalue weighted by Gasteiger charge is 2.46. The van der Waals surface area contributed by atoms with Crippen LogP contribution in [-0.2, 0) is 33.3 Å². The van der Waals surface area contributed by atoms with Crippen molar-refractivity contribution in [2.75, 3.05) is 6.61 Å². The molecule has 144 valence electrons. The smallest absolute Gasteiger partial charge is 0.306 e. The van der Waals surface area contributed by atoms with Crippen molar-refractivity contribution in [1.29, 1.82) is 0 Å². The van der Waals surface area contributed by atoms with E-state index in [4.69, 9.17) is 18.9 Å². The number of rotatable bonds is 9. The van der Waals surface area contributed by atoms with Gasteiger partial charge in [-0.15, -0.1) is 0 Å². The Balaban J connectivity index is 2.91. The predicted molar refractivity (Wildman–Crippen MR) is 86.3 cm³/mol. The van der Waals surface area contributed by atoms with E-state index in [0.29, 0.717) is 19.3 Å². The van der Waals surface area contributed by atoms with Gasteiger partial charge in [0.2, 0.25) is 0 Å². The van der Waals surface area contributed by atoms with Crippen LogP contribution in [0.3, 0.4) is 0 Å². The minimum absolute atomic E-state index is 0.150. The van der Waals surface area contributed by atoms with Crippen molar-refractivity contribution >= 4 is 17.9 Å². The maximum absolute atomic E-state index is 11.9. The van der Waals surface area contributed by atoms with E-state index in [1.165, 1.54) is 0 Å². The first-order valence-corrected chi connectivity index (χ1v) is 8.80. The van der Waals surface area contributed by atoms with Crippen molar-refractivity contribution < 1.29 is 38.4 Å². The Morgan fingerprint density at radius 2 is 1.28 bits per heavy atom. The monoisotopic (exact) mass is 360 g/mol. The summed E-state index contributed by atoms with van der Waals surface area (Å²) in [4.78, 5) is 35.5. The van der Waals surface area contributed by atoms with Crippen LogP contribution in [-0.4, -0.2) is 54.2 Å².